The summed E-state index contributed by atoms with van der Waals surface area (Å²) in [4.78, 5) is 2.45. The van der Waals surface area contributed by atoms with Crippen LogP contribution in [0.3, 0.4) is 0 Å². The predicted octanol–water partition coefficient (Wildman–Crippen LogP) is 6.98. The highest BCUT2D eigenvalue weighted by atomic mass is 15.3. The van der Waals surface area contributed by atoms with Crippen LogP contribution >= 0.6 is 0 Å². The highest BCUT2D eigenvalue weighted by Gasteiger charge is 2.46. The van der Waals surface area contributed by atoms with Crippen LogP contribution in [0.15, 0.2) is 109 Å². The largest absolute Gasteiger partial charge is 0.245 e. The smallest absolute Gasteiger partial charge is 0.222 e. The van der Waals surface area contributed by atoms with Crippen LogP contribution in [-0.4, -0.2) is 10.9 Å². The van der Waals surface area contributed by atoms with Crippen molar-refractivity contribution < 1.29 is 4.58 Å². The van der Waals surface area contributed by atoms with E-state index in [0.717, 1.165) is 0 Å². The number of rotatable bonds is 4. The lowest BCUT2D eigenvalue weighted by Gasteiger charge is -2.25. The second-order valence-corrected chi connectivity index (χ2v) is 8.21. The van der Waals surface area contributed by atoms with Crippen LogP contribution in [0.4, 0.5) is 11.4 Å². The van der Waals surface area contributed by atoms with Gasteiger partial charge in [-0.15, -0.1) is 0 Å². The van der Waals surface area contributed by atoms with Crippen LogP contribution in [0.5, 0.6) is 0 Å². The van der Waals surface area contributed by atoms with Crippen LogP contribution in [0.2, 0.25) is 0 Å². The van der Waals surface area contributed by atoms with E-state index < -0.39 is 0 Å². The Morgan fingerprint density at radius 1 is 0.581 bits per heavy atom. The molecule has 31 heavy (non-hydrogen) atoms. The predicted molar refractivity (Wildman–Crippen MR) is 129 cm³/mol. The van der Waals surface area contributed by atoms with Gasteiger partial charge >= 0.3 is 0 Å². The Labute approximate surface area is 184 Å². The summed E-state index contributed by atoms with van der Waals surface area (Å²) in [5, 5.41) is 0. The summed E-state index contributed by atoms with van der Waals surface area (Å²) in [6, 6.07) is 39.4. The van der Waals surface area contributed by atoms with Gasteiger partial charge in [0.1, 0.15) is 11.4 Å². The van der Waals surface area contributed by atoms with Crippen LogP contribution in [0, 0.1) is 13.8 Å². The fraction of sp³-hybridized carbons (Fsp3) is 0.138. The molecule has 0 spiro atoms. The number of nitrogens with zero attached hydrogens (tertiary/aromatic N) is 2. The Hall–Kier alpha value is -3.65. The quantitative estimate of drug-likeness (QED) is 0.333. The zero-order chi connectivity index (χ0) is 21.2. The van der Waals surface area contributed by atoms with Crippen LogP contribution < -0.4 is 4.90 Å². The number of hydrogen-bond acceptors (Lipinski definition) is 1. The van der Waals surface area contributed by atoms with Crippen molar-refractivity contribution in [1.82, 2.24) is 0 Å². The third kappa shape index (κ3) is 3.55. The maximum absolute atomic E-state index is 2.45. The van der Waals surface area contributed by atoms with Gasteiger partial charge in [-0.05, 0) is 37.1 Å². The molecular weight excluding hydrogens is 376 g/mol. The van der Waals surface area contributed by atoms with E-state index in [1.54, 1.807) is 0 Å². The fourth-order valence-electron chi connectivity index (χ4n) is 4.70. The number of hydrogen-bond donors (Lipinski definition) is 0. The third-order valence-electron chi connectivity index (χ3n) is 6.22. The molecule has 0 amide bonds. The molecule has 0 bridgehead atoms. The molecule has 152 valence electrons. The SMILES string of the molecule is Cc1ccccc1N1C=[N+](c2ccccc2C)C(c2ccccc2)C1c1ccccc1. The van der Waals surface area contributed by atoms with E-state index >= 15 is 0 Å². The van der Waals surface area contributed by atoms with E-state index in [9.17, 15) is 0 Å². The molecule has 4 aromatic carbocycles. The van der Waals surface area contributed by atoms with E-state index in [1.165, 1.54) is 33.6 Å². The van der Waals surface area contributed by atoms with Gasteiger partial charge in [-0.3, -0.25) is 0 Å². The highest BCUT2D eigenvalue weighted by molar-refractivity contribution is 5.82. The average Bonchev–Trinajstić information content (AvgIpc) is 3.21. The minimum Gasteiger partial charge on any atom is -0.222 e. The lowest BCUT2D eigenvalue weighted by Crippen LogP contribution is -2.26. The third-order valence-corrected chi connectivity index (χ3v) is 6.22. The van der Waals surface area contributed by atoms with Gasteiger partial charge in [0.15, 0.2) is 12.1 Å². The molecule has 0 fully saturated rings. The van der Waals surface area contributed by atoms with Gasteiger partial charge in [0.25, 0.3) is 0 Å². The maximum atomic E-state index is 2.45. The maximum Gasteiger partial charge on any atom is 0.245 e. The molecule has 2 unspecified atom stereocenters. The molecule has 1 aliphatic rings. The summed E-state index contributed by atoms with van der Waals surface area (Å²) < 4.78 is 2.45. The molecule has 2 heteroatoms. The Morgan fingerprint density at radius 3 is 1.77 bits per heavy atom. The first-order valence-corrected chi connectivity index (χ1v) is 10.9. The standard InChI is InChI=1S/C29H27N2/c1-22-13-9-11-19-26(22)30-21-31(27-20-12-10-14-23(27)2)29(25-17-7-4-8-18-25)28(30)24-15-5-3-6-16-24/h3-21,28-29H,1-2H3/q+1. The molecule has 0 N–H and O–H groups in total. The van der Waals surface area contributed by atoms with E-state index in [4.69, 9.17) is 0 Å². The summed E-state index contributed by atoms with van der Waals surface area (Å²) in [5.74, 6) is 0. The van der Waals surface area contributed by atoms with Crippen molar-refractivity contribution in [1.29, 1.82) is 0 Å². The van der Waals surface area contributed by atoms with Crippen molar-refractivity contribution in [3.63, 3.8) is 0 Å². The van der Waals surface area contributed by atoms with Gasteiger partial charge in [0, 0.05) is 11.1 Å². The van der Waals surface area contributed by atoms with Gasteiger partial charge in [-0.1, -0.05) is 97.1 Å². The molecule has 0 aromatic heterocycles. The Bertz CT molecular complexity index is 1210. The van der Waals surface area contributed by atoms with Gasteiger partial charge in [-0.25, -0.2) is 9.48 Å². The lowest BCUT2D eigenvalue weighted by atomic mass is 9.92. The molecular formula is C29H27N2+. The Balaban J connectivity index is 1.76. The summed E-state index contributed by atoms with van der Waals surface area (Å²) in [6.07, 6.45) is 2.31. The van der Waals surface area contributed by atoms with Gasteiger partial charge in [-0.2, -0.15) is 0 Å². The zero-order valence-corrected chi connectivity index (χ0v) is 18.0. The molecule has 0 aliphatic carbocycles. The minimum absolute atomic E-state index is 0.157. The van der Waals surface area contributed by atoms with Crippen molar-refractivity contribution in [2.45, 2.75) is 25.9 Å². The molecule has 1 heterocycles. The first-order valence-electron chi connectivity index (χ1n) is 10.9. The van der Waals surface area contributed by atoms with Crippen molar-refractivity contribution >= 4 is 17.7 Å². The highest BCUT2D eigenvalue weighted by Crippen LogP contribution is 2.45. The number of benzene rings is 4. The summed E-state index contributed by atoms with van der Waals surface area (Å²) >= 11 is 0. The first kappa shape index (κ1) is 19.3. The second kappa shape index (κ2) is 8.23. The number of aryl methyl sites for hydroxylation is 2. The molecule has 5 rings (SSSR count). The van der Waals surface area contributed by atoms with E-state index in [2.05, 4.69) is 139 Å². The average molecular weight is 404 g/mol. The van der Waals surface area contributed by atoms with Crippen molar-refractivity contribution in [2.24, 2.45) is 0 Å². The number of anilines is 1. The zero-order valence-electron chi connectivity index (χ0n) is 18.0. The van der Waals surface area contributed by atoms with Gasteiger partial charge < -0.3 is 0 Å². The lowest BCUT2D eigenvalue weighted by molar-refractivity contribution is -0.481. The van der Waals surface area contributed by atoms with Crippen LogP contribution in [0.25, 0.3) is 0 Å². The Kier molecular flexibility index (Phi) is 5.13. The molecule has 0 saturated heterocycles. The van der Waals surface area contributed by atoms with Crippen LogP contribution in [0.1, 0.15) is 34.3 Å². The molecule has 0 saturated carbocycles. The van der Waals surface area contributed by atoms with Gasteiger partial charge in [0.05, 0.1) is 0 Å². The minimum atomic E-state index is 0.157. The molecule has 4 aromatic rings. The first-order chi connectivity index (χ1) is 15.2. The number of para-hydroxylation sites is 2. The molecule has 2 nitrogen and oxygen atoms in total. The van der Waals surface area contributed by atoms with Crippen molar-refractivity contribution in [3.8, 4) is 0 Å². The van der Waals surface area contributed by atoms with Crippen molar-refractivity contribution in [3.05, 3.63) is 131 Å². The monoisotopic (exact) mass is 403 g/mol. The molecule has 1 aliphatic heterocycles. The summed E-state index contributed by atoms with van der Waals surface area (Å²) in [5.41, 5.74) is 7.66. The van der Waals surface area contributed by atoms with E-state index in [1.807, 2.05) is 0 Å². The summed E-state index contributed by atoms with van der Waals surface area (Å²) in [6.45, 7) is 4.39. The topological polar surface area (TPSA) is 6.25 Å². The van der Waals surface area contributed by atoms with Crippen LogP contribution in [-0.2, 0) is 0 Å². The Morgan fingerprint density at radius 2 is 1.13 bits per heavy atom. The molecule has 2 atom stereocenters. The molecule has 0 radical (unpaired) electrons. The fourth-order valence-corrected chi connectivity index (χ4v) is 4.70. The van der Waals surface area contributed by atoms with Gasteiger partial charge in [0.2, 0.25) is 6.34 Å². The van der Waals surface area contributed by atoms with Crippen molar-refractivity contribution in [2.75, 3.05) is 4.90 Å². The van der Waals surface area contributed by atoms with E-state index in [-0.39, 0.29) is 12.1 Å². The second-order valence-electron chi connectivity index (χ2n) is 8.21. The normalized spacial score (nSPS) is 18.1. The summed E-state index contributed by atoms with van der Waals surface area (Å²) in [7, 11) is 0. The van der Waals surface area contributed by atoms with E-state index in [0.29, 0.717) is 0 Å².